The van der Waals surface area contributed by atoms with Crippen LogP contribution in [-0.2, 0) is 0 Å². The Morgan fingerprint density at radius 3 is 2.56 bits per heavy atom. The predicted octanol–water partition coefficient (Wildman–Crippen LogP) is 2.90. The zero-order valence-corrected chi connectivity index (χ0v) is 11.1. The molecule has 0 aliphatic rings. The van der Waals surface area contributed by atoms with Gasteiger partial charge in [0.2, 0.25) is 0 Å². The first-order chi connectivity index (χ1) is 8.49. The Morgan fingerprint density at radius 2 is 1.94 bits per heavy atom. The molecule has 2 rings (SSSR count). The summed E-state index contributed by atoms with van der Waals surface area (Å²) in [5.74, 6) is -0.175. The number of aryl methyl sites for hydroxylation is 3. The molecule has 4 nitrogen and oxygen atoms in total. The van der Waals surface area contributed by atoms with E-state index in [0.717, 1.165) is 28.1 Å². The summed E-state index contributed by atoms with van der Waals surface area (Å²) in [4.78, 5) is 12.1. The van der Waals surface area contributed by atoms with Crippen molar-refractivity contribution < 1.29 is 4.79 Å². The third-order valence-corrected chi connectivity index (χ3v) is 3.11. The Bertz CT molecular complexity index is 599. The van der Waals surface area contributed by atoms with Crippen molar-refractivity contribution in [2.24, 2.45) is 0 Å². The Balaban J connectivity index is 2.27. The van der Waals surface area contributed by atoms with Crippen LogP contribution in [0.25, 0.3) is 0 Å². The van der Waals surface area contributed by atoms with Gasteiger partial charge in [0.05, 0.1) is 0 Å². The van der Waals surface area contributed by atoms with E-state index in [9.17, 15) is 4.79 Å². The van der Waals surface area contributed by atoms with Crippen LogP contribution in [0.4, 0.5) is 5.69 Å². The van der Waals surface area contributed by atoms with Crippen LogP contribution >= 0.6 is 0 Å². The molecule has 0 atom stereocenters. The summed E-state index contributed by atoms with van der Waals surface area (Å²) in [6, 6.07) is 5.98. The molecule has 0 aliphatic carbocycles. The van der Waals surface area contributed by atoms with E-state index in [2.05, 4.69) is 15.5 Å². The number of nitrogens with one attached hydrogen (secondary N) is 2. The van der Waals surface area contributed by atoms with Gasteiger partial charge in [-0.1, -0.05) is 12.1 Å². The second-order valence-corrected chi connectivity index (χ2v) is 4.59. The van der Waals surface area contributed by atoms with Gasteiger partial charge in [0.15, 0.2) is 5.69 Å². The zero-order valence-electron chi connectivity index (χ0n) is 11.1. The highest BCUT2D eigenvalue weighted by atomic mass is 16.1. The van der Waals surface area contributed by atoms with E-state index in [0.29, 0.717) is 5.69 Å². The minimum atomic E-state index is -0.175. The lowest BCUT2D eigenvalue weighted by molar-refractivity contribution is 0.102. The van der Waals surface area contributed by atoms with Gasteiger partial charge in [-0.2, -0.15) is 5.10 Å². The van der Waals surface area contributed by atoms with Crippen LogP contribution in [-0.4, -0.2) is 16.1 Å². The summed E-state index contributed by atoms with van der Waals surface area (Å²) in [5.41, 5.74) is 5.25. The lowest BCUT2D eigenvalue weighted by Gasteiger charge is -2.08. The number of carbonyl (C=O) groups is 1. The highest BCUT2D eigenvalue weighted by Gasteiger charge is 2.15. The number of H-pyrrole nitrogens is 1. The van der Waals surface area contributed by atoms with Gasteiger partial charge < -0.3 is 5.32 Å². The maximum absolute atomic E-state index is 12.1. The molecule has 0 fully saturated rings. The molecule has 0 saturated carbocycles. The first-order valence-electron chi connectivity index (χ1n) is 5.89. The second-order valence-electron chi connectivity index (χ2n) is 4.59. The van der Waals surface area contributed by atoms with Crippen molar-refractivity contribution in [3.05, 3.63) is 46.3 Å². The molecule has 94 valence electrons. The van der Waals surface area contributed by atoms with E-state index >= 15 is 0 Å². The topological polar surface area (TPSA) is 57.8 Å². The number of nitrogens with zero attached hydrogens (tertiary/aromatic N) is 1. The fraction of sp³-hybridized carbons (Fsp3) is 0.286. The average Bonchev–Trinajstić information content (AvgIpc) is 2.65. The quantitative estimate of drug-likeness (QED) is 0.852. The Kier molecular flexibility index (Phi) is 3.19. The number of benzene rings is 1. The number of aromatic amines is 1. The molecule has 0 unspecified atom stereocenters. The van der Waals surface area contributed by atoms with Crippen molar-refractivity contribution >= 4 is 11.6 Å². The van der Waals surface area contributed by atoms with Gasteiger partial charge in [0.1, 0.15) is 0 Å². The van der Waals surface area contributed by atoms with Crippen LogP contribution in [0.2, 0.25) is 0 Å². The van der Waals surface area contributed by atoms with Crippen LogP contribution in [0.15, 0.2) is 18.2 Å². The van der Waals surface area contributed by atoms with E-state index in [1.807, 2.05) is 45.9 Å². The largest absolute Gasteiger partial charge is 0.320 e. The Morgan fingerprint density at radius 1 is 1.22 bits per heavy atom. The molecule has 0 saturated heterocycles. The second kappa shape index (κ2) is 4.64. The standard InChI is InChI=1S/C14H17N3O/c1-8-5-6-9(2)12(7-8)15-14(18)13-10(3)11(4)16-17-13/h5-7H,1-4H3,(H,15,18)(H,16,17). The molecule has 1 aromatic carbocycles. The monoisotopic (exact) mass is 243 g/mol. The molecular weight excluding hydrogens is 226 g/mol. The third-order valence-electron chi connectivity index (χ3n) is 3.11. The van der Waals surface area contributed by atoms with Crippen molar-refractivity contribution in [2.75, 3.05) is 5.32 Å². The highest BCUT2D eigenvalue weighted by Crippen LogP contribution is 2.18. The van der Waals surface area contributed by atoms with Gasteiger partial charge in [-0.3, -0.25) is 9.89 Å². The van der Waals surface area contributed by atoms with Crippen molar-refractivity contribution in [1.82, 2.24) is 10.2 Å². The summed E-state index contributed by atoms with van der Waals surface area (Å²) in [5, 5.41) is 9.75. The summed E-state index contributed by atoms with van der Waals surface area (Å²) in [7, 11) is 0. The molecule has 18 heavy (non-hydrogen) atoms. The summed E-state index contributed by atoms with van der Waals surface area (Å²) < 4.78 is 0. The minimum absolute atomic E-state index is 0.175. The first-order valence-corrected chi connectivity index (χ1v) is 5.89. The molecule has 2 N–H and O–H groups in total. The van der Waals surface area contributed by atoms with Crippen LogP contribution in [0.5, 0.6) is 0 Å². The van der Waals surface area contributed by atoms with Gasteiger partial charge in [-0.15, -0.1) is 0 Å². The average molecular weight is 243 g/mol. The molecule has 2 aromatic rings. The normalized spacial score (nSPS) is 10.4. The number of hydrogen-bond acceptors (Lipinski definition) is 2. The Labute approximate surface area is 106 Å². The van der Waals surface area contributed by atoms with E-state index in [1.165, 1.54) is 0 Å². The van der Waals surface area contributed by atoms with Crippen LogP contribution in [0, 0.1) is 27.7 Å². The number of rotatable bonds is 2. The molecule has 0 aliphatic heterocycles. The van der Waals surface area contributed by atoms with Crippen molar-refractivity contribution in [3.63, 3.8) is 0 Å². The fourth-order valence-corrected chi connectivity index (χ4v) is 1.76. The number of aromatic nitrogens is 2. The van der Waals surface area contributed by atoms with E-state index in [1.54, 1.807) is 0 Å². The summed E-state index contributed by atoms with van der Waals surface area (Å²) >= 11 is 0. The van der Waals surface area contributed by atoms with Crippen LogP contribution in [0.3, 0.4) is 0 Å². The Hall–Kier alpha value is -2.10. The van der Waals surface area contributed by atoms with Gasteiger partial charge in [-0.05, 0) is 44.9 Å². The number of anilines is 1. The van der Waals surface area contributed by atoms with Crippen LogP contribution in [0.1, 0.15) is 32.9 Å². The lowest BCUT2D eigenvalue weighted by Crippen LogP contribution is -2.14. The smallest absolute Gasteiger partial charge is 0.276 e. The number of amides is 1. The molecule has 1 aromatic heterocycles. The number of carbonyl (C=O) groups excluding carboxylic acids is 1. The summed E-state index contributed by atoms with van der Waals surface area (Å²) in [6.45, 7) is 7.75. The predicted molar refractivity (Wildman–Crippen MR) is 71.9 cm³/mol. The minimum Gasteiger partial charge on any atom is -0.320 e. The summed E-state index contributed by atoms with van der Waals surface area (Å²) in [6.07, 6.45) is 0. The van der Waals surface area contributed by atoms with Crippen molar-refractivity contribution in [3.8, 4) is 0 Å². The SMILES string of the molecule is Cc1ccc(C)c(NC(=O)c2n[nH]c(C)c2C)c1. The fourth-order valence-electron chi connectivity index (χ4n) is 1.76. The van der Waals surface area contributed by atoms with Crippen molar-refractivity contribution in [2.45, 2.75) is 27.7 Å². The molecule has 0 radical (unpaired) electrons. The maximum atomic E-state index is 12.1. The molecule has 1 amide bonds. The zero-order chi connectivity index (χ0) is 13.3. The highest BCUT2D eigenvalue weighted by molar-refractivity contribution is 6.04. The molecule has 4 heteroatoms. The van der Waals surface area contributed by atoms with Gasteiger partial charge in [0.25, 0.3) is 5.91 Å². The molecular formula is C14H17N3O. The van der Waals surface area contributed by atoms with Crippen molar-refractivity contribution in [1.29, 1.82) is 0 Å². The third kappa shape index (κ3) is 2.27. The molecule has 0 bridgehead atoms. The van der Waals surface area contributed by atoms with E-state index in [-0.39, 0.29) is 5.91 Å². The molecule has 1 heterocycles. The van der Waals surface area contributed by atoms with E-state index in [4.69, 9.17) is 0 Å². The lowest BCUT2D eigenvalue weighted by atomic mass is 10.1. The van der Waals surface area contributed by atoms with Gasteiger partial charge in [0, 0.05) is 16.9 Å². The van der Waals surface area contributed by atoms with E-state index < -0.39 is 0 Å². The van der Waals surface area contributed by atoms with Gasteiger partial charge >= 0.3 is 0 Å². The first kappa shape index (κ1) is 12.4. The maximum Gasteiger partial charge on any atom is 0.276 e. The van der Waals surface area contributed by atoms with Crippen LogP contribution < -0.4 is 5.32 Å². The number of hydrogen-bond donors (Lipinski definition) is 2. The van der Waals surface area contributed by atoms with Gasteiger partial charge in [-0.25, -0.2) is 0 Å². The molecule has 0 spiro atoms.